The number of carboxylic acids is 1. The van der Waals surface area contributed by atoms with E-state index in [1.54, 1.807) is 98.6 Å². The van der Waals surface area contributed by atoms with Crippen molar-refractivity contribution in [1.29, 1.82) is 0 Å². The number of fused-ring (bicyclic) bond motifs is 2. The molecule has 0 spiro atoms. The smallest absolute Gasteiger partial charge is 0.330 e. The van der Waals surface area contributed by atoms with Gasteiger partial charge in [0, 0.05) is 39.0 Å². The molecule has 320 valence electrons. The van der Waals surface area contributed by atoms with Crippen LogP contribution < -0.4 is 0 Å². The van der Waals surface area contributed by atoms with Crippen molar-refractivity contribution in [1.82, 2.24) is 0 Å². The number of carbonyl (C=O) groups is 10. The highest BCUT2D eigenvalue weighted by molar-refractivity contribution is 14.1. The Morgan fingerprint density at radius 3 is 1.42 bits per heavy atom. The van der Waals surface area contributed by atoms with Crippen molar-refractivity contribution < 1.29 is 72.0 Å². The second-order valence-electron chi connectivity index (χ2n) is 13.2. The number of hydrogen-bond donors (Lipinski definition) is 1. The Labute approximate surface area is 362 Å². The topological polar surface area (TPSA) is 228 Å². The predicted octanol–water partition coefficient (Wildman–Crippen LogP) is 5.97. The molecule has 2 aromatic carbocycles. The fourth-order valence-corrected chi connectivity index (χ4v) is 5.72. The quantitative estimate of drug-likeness (QED) is 0.0756. The van der Waals surface area contributed by atoms with E-state index in [4.69, 9.17) is 14.6 Å². The van der Waals surface area contributed by atoms with Gasteiger partial charge >= 0.3 is 29.8 Å². The van der Waals surface area contributed by atoms with Crippen molar-refractivity contribution in [3.05, 3.63) is 93.6 Å². The maximum absolute atomic E-state index is 12.8. The number of carbonyl (C=O) groups excluding carboxylic acids is 9. The molecule has 15 nitrogen and oxygen atoms in total. The molecule has 0 aliphatic heterocycles. The van der Waals surface area contributed by atoms with Crippen LogP contribution in [0.5, 0.6) is 0 Å². The Hall–Kier alpha value is -5.59. The van der Waals surface area contributed by atoms with Gasteiger partial charge in [0.1, 0.15) is 6.42 Å². The summed E-state index contributed by atoms with van der Waals surface area (Å²) in [6.07, 6.45) is 0.552. The molecule has 0 bridgehead atoms. The molecule has 17 heteroatoms. The number of hydrogen-bond acceptors (Lipinski definition) is 14. The third-order valence-electron chi connectivity index (χ3n) is 9.19. The molecule has 0 saturated heterocycles. The van der Waals surface area contributed by atoms with Crippen LogP contribution in [0.3, 0.4) is 0 Å². The highest BCUT2D eigenvalue weighted by Crippen LogP contribution is 2.34. The molecular formula is C43H48BIO15. The maximum atomic E-state index is 12.8. The first kappa shape index (κ1) is 52.4. The number of benzene rings is 2. The summed E-state index contributed by atoms with van der Waals surface area (Å²) in [4.78, 5) is 119. The van der Waals surface area contributed by atoms with Crippen molar-refractivity contribution in [2.24, 2.45) is 10.8 Å². The molecule has 0 unspecified atom stereocenters. The fraction of sp³-hybridized carbons (Fsp3) is 0.395. The first-order valence-corrected chi connectivity index (χ1v) is 19.9. The van der Waals surface area contributed by atoms with E-state index in [9.17, 15) is 47.9 Å². The van der Waals surface area contributed by atoms with Gasteiger partial charge in [-0.15, -0.1) is 0 Å². The third kappa shape index (κ3) is 12.7. The molecular weight excluding hydrogens is 894 g/mol. The molecule has 0 heterocycles. The monoisotopic (exact) mass is 942 g/mol. The Bertz CT molecular complexity index is 2030. The summed E-state index contributed by atoms with van der Waals surface area (Å²) in [5, 5.41) is 8.55. The van der Waals surface area contributed by atoms with E-state index in [2.05, 4.69) is 15.2 Å². The number of carboxylic acid groups (broad SMARTS) is 1. The van der Waals surface area contributed by atoms with Gasteiger partial charge in [-0.2, -0.15) is 22.4 Å². The second kappa shape index (κ2) is 24.5. The second-order valence-corrected chi connectivity index (χ2v) is 13.2. The lowest BCUT2D eigenvalue weighted by atomic mass is 9.78. The first-order chi connectivity index (χ1) is 28.3. The Balaban J connectivity index is 0.000000471. The zero-order valence-corrected chi connectivity index (χ0v) is 36.9. The molecule has 2 aromatic rings. The summed E-state index contributed by atoms with van der Waals surface area (Å²) in [7, 11) is 0. The van der Waals surface area contributed by atoms with Crippen LogP contribution in [0.4, 0.5) is 0 Å². The lowest BCUT2D eigenvalue weighted by Gasteiger charge is -2.26. The number of Topliss-reactive ketones (excluding diaryl/α,β-unsaturated/α-hetero) is 4. The van der Waals surface area contributed by atoms with Crippen LogP contribution in [-0.2, 0) is 47.7 Å². The van der Waals surface area contributed by atoms with Crippen LogP contribution in [0.2, 0.25) is 0 Å². The number of esters is 4. The molecule has 0 atom stereocenters. The molecule has 0 saturated carbocycles. The predicted molar refractivity (Wildman–Crippen MR) is 226 cm³/mol. The van der Waals surface area contributed by atoms with Gasteiger partial charge in [0.15, 0.2) is 40.0 Å². The van der Waals surface area contributed by atoms with E-state index in [0.29, 0.717) is 39.0 Å². The van der Waals surface area contributed by atoms with E-state index < -0.39 is 52.9 Å². The number of allylic oxidation sites excluding steroid dienone is 4. The summed E-state index contributed by atoms with van der Waals surface area (Å²) in [5.74, 6) is -6.68. The van der Waals surface area contributed by atoms with Crippen molar-refractivity contribution >= 4 is 86.8 Å². The van der Waals surface area contributed by atoms with Crippen LogP contribution in [-0.4, -0.2) is 96.0 Å². The molecule has 2 radical (unpaired) electrons. The van der Waals surface area contributed by atoms with E-state index >= 15 is 0 Å². The van der Waals surface area contributed by atoms with E-state index in [-0.39, 0.29) is 62.4 Å². The van der Waals surface area contributed by atoms with Crippen molar-refractivity contribution in [2.45, 2.75) is 74.7 Å². The minimum Gasteiger partial charge on any atom is -0.481 e. The molecule has 0 fully saturated rings. The van der Waals surface area contributed by atoms with Gasteiger partial charge in [-0.25, -0.2) is 0 Å². The molecule has 0 amide bonds. The molecule has 60 heavy (non-hydrogen) atoms. The van der Waals surface area contributed by atoms with Gasteiger partial charge in [-0.05, 0) is 74.3 Å². The number of ketones is 5. The Kier molecular flexibility index (Phi) is 21.4. The zero-order chi connectivity index (χ0) is 46.0. The average molecular weight is 943 g/mol. The highest BCUT2D eigenvalue weighted by Gasteiger charge is 2.51. The molecule has 0 aromatic heterocycles. The summed E-state index contributed by atoms with van der Waals surface area (Å²) in [6.45, 7) is 12.2. The first-order valence-electron chi connectivity index (χ1n) is 18.7. The molecule has 2 aliphatic carbocycles. The fourth-order valence-electron chi connectivity index (χ4n) is 5.72. The molecule has 2 aliphatic rings. The van der Waals surface area contributed by atoms with Crippen molar-refractivity contribution in [3.8, 4) is 0 Å². The Morgan fingerprint density at radius 1 is 0.617 bits per heavy atom. The number of halogens is 1. The van der Waals surface area contributed by atoms with E-state index in [1.165, 1.54) is 26.8 Å². The van der Waals surface area contributed by atoms with Crippen LogP contribution in [0.15, 0.2) is 71.3 Å². The van der Waals surface area contributed by atoms with Gasteiger partial charge in [0.2, 0.25) is 5.41 Å². The summed E-state index contributed by atoms with van der Waals surface area (Å²) in [6, 6.07) is 13.5. The lowest BCUT2D eigenvalue weighted by Crippen LogP contribution is -2.46. The highest BCUT2D eigenvalue weighted by atomic mass is 127. The zero-order valence-electron chi connectivity index (χ0n) is 34.8. The minimum atomic E-state index is -2.23. The summed E-state index contributed by atoms with van der Waals surface area (Å²) < 4.78 is 19.3. The number of rotatable bonds is 14. The van der Waals surface area contributed by atoms with Crippen molar-refractivity contribution in [2.75, 3.05) is 26.4 Å². The standard InChI is InChI=1S/C21H24O6.C11H16O7.C11H8O2.BI/c1-5-26-19(24)21(4,20(25)27-6-2)12-11-14-13(3)17(22)15-9-7-8-10-16(15)18(14)23;1-4-17-9(15)11(3,10(16)18-5-2)7(12)6-8(13)14;1-7-6-10(12)8-4-2-3-5-9(8)11(7)13;1-2/h7-10H,5-6,11-12H2,1-4H3;4-6H2,1-3H3,(H,13,14);2-6H,1H3;. The number of ether oxygens (including phenoxy) is 4. The summed E-state index contributed by atoms with van der Waals surface area (Å²) in [5.41, 5.74) is 3.63. The molecule has 4 rings (SSSR count). The van der Waals surface area contributed by atoms with Gasteiger partial charge in [-0.1, -0.05) is 48.5 Å². The Morgan fingerprint density at radius 2 is 1.00 bits per heavy atom. The van der Waals surface area contributed by atoms with Crippen LogP contribution in [0.25, 0.3) is 0 Å². The lowest BCUT2D eigenvalue weighted by molar-refractivity contribution is -0.174. The van der Waals surface area contributed by atoms with Crippen LogP contribution in [0.1, 0.15) is 116 Å². The van der Waals surface area contributed by atoms with Gasteiger partial charge in [-0.3, -0.25) is 47.9 Å². The summed E-state index contributed by atoms with van der Waals surface area (Å²) >= 11 is 1.65. The maximum Gasteiger partial charge on any atom is 0.330 e. The molecule has 1 N–H and O–H groups in total. The average Bonchev–Trinajstić information content (AvgIpc) is 3.22. The van der Waals surface area contributed by atoms with E-state index in [1.807, 2.05) is 0 Å². The van der Waals surface area contributed by atoms with E-state index in [0.717, 1.165) is 6.92 Å². The SMILES string of the molecule is CC1=CC(=O)c2ccccc2C1=O.CCOC(=O)C(C)(C(=O)CC(=O)O)C(=O)OCC.CCOC(=O)C(C)(CCC1=C(C)C(=O)c2ccccc2C1=O)C(=O)OCC.[B]I. The van der Waals surface area contributed by atoms with Gasteiger partial charge < -0.3 is 24.1 Å². The third-order valence-corrected chi connectivity index (χ3v) is 9.19. The largest absolute Gasteiger partial charge is 0.481 e. The van der Waals surface area contributed by atoms with Crippen LogP contribution in [0, 0.1) is 10.8 Å². The van der Waals surface area contributed by atoms with Gasteiger partial charge in [0.25, 0.3) is 0 Å². The van der Waals surface area contributed by atoms with Gasteiger partial charge in [0.05, 0.1) is 26.4 Å². The normalized spacial score (nSPS) is 12.9. The minimum absolute atomic E-state index is 0.0124. The van der Waals surface area contributed by atoms with Crippen LogP contribution >= 0.6 is 22.4 Å². The van der Waals surface area contributed by atoms with Crippen molar-refractivity contribution in [3.63, 3.8) is 0 Å². The number of aliphatic carboxylic acids is 1.